The summed E-state index contributed by atoms with van der Waals surface area (Å²) in [6.07, 6.45) is 1.81. The number of furan rings is 1. The third-order valence-electron chi connectivity index (χ3n) is 4.85. The van der Waals surface area contributed by atoms with Crippen molar-refractivity contribution in [2.45, 2.75) is 25.9 Å². The number of nitrogens with one attached hydrogen (secondary N) is 1. The fourth-order valence-corrected chi connectivity index (χ4v) is 4.59. The highest BCUT2D eigenvalue weighted by molar-refractivity contribution is 9.10. The van der Waals surface area contributed by atoms with Crippen molar-refractivity contribution in [3.05, 3.63) is 76.2 Å². The van der Waals surface area contributed by atoms with Crippen molar-refractivity contribution in [1.82, 2.24) is 15.2 Å². The van der Waals surface area contributed by atoms with Crippen molar-refractivity contribution in [2.75, 3.05) is 6.54 Å². The number of thiocarbonyl (C=S) groups is 1. The van der Waals surface area contributed by atoms with Gasteiger partial charge < -0.3 is 14.6 Å². The minimum absolute atomic E-state index is 0.0321. The molecule has 1 fully saturated rings. The lowest BCUT2D eigenvalue weighted by atomic mass is 10.0. The van der Waals surface area contributed by atoms with E-state index in [2.05, 4.69) is 63.2 Å². The standard InChI is InChI=1S/C21H20BrN3OS/c1-3-25-20(19(24-21(25)27)16-6-4-5-11-23-16)18-10-9-17(26-18)14-8-7-13(2)12-15(14)22/h4-12,19-20H,3H2,1-2H3,(H,24,27). The number of pyridine rings is 1. The number of hydrogen-bond donors (Lipinski definition) is 1. The number of halogens is 1. The molecule has 3 heterocycles. The Hall–Kier alpha value is -2.18. The zero-order chi connectivity index (χ0) is 19.0. The van der Waals surface area contributed by atoms with E-state index < -0.39 is 0 Å². The number of aromatic nitrogens is 1. The lowest BCUT2D eigenvalue weighted by molar-refractivity contribution is 0.284. The van der Waals surface area contributed by atoms with Crippen molar-refractivity contribution >= 4 is 33.3 Å². The van der Waals surface area contributed by atoms with E-state index in [0.29, 0.717) is 0 Å². The van der Waals surface area contributed by atoms with Gasteiger partial charge in [-0.05, 0) is 68.0 Å². The van der Waals surface area contributed by atoms with Crippen molar-refractivity contribution in [1.29, 1.82) is 0 Å². The number of benzene rings is 1. The number of hydrogen-bond acceptors (Lipinski definition) is 3. The second kappa shape index (κ2) is 7.44. The van der Waals surface area contributed by atoms with Gasteiger partial charge in [0.1, 0.15) is 17.6 Å². The molecule has 0 bridgehead atoms. The molecule has 2 aromatic heterocycles. The summed E-state index contributed by atoms with van der Waals surface area (Å²) < 4.78 is 7.33. The highest BCUT2D eigenvalue weighted by atomic mass is 79.9. The van der Waals surface area contributed by atoms with Crippen LogP contribution in [0.4, 0.5) is 0 Å². The maximum Gasteiger partial charge on any atom is 0.170 e. The molecule has 3 aromatic rings. The Balaban J connectivity index is 1.73. The molecule has 4 rings (SSSR count). The van der Waals surface area contributed by atoms with Crippen LogP contribution in [0.15, 0.2) is 63.6 Å². The van der Waals surface area contributed by atoms with Crippen LogP contribution in [-0.4, -0.2) is 21.5 Å². The van der Waals surface area contributed by atoms with E-state index in [4.69, 9.17) is 16.6 Å². The van der Waals surface area contributed by atoms with Gasteiger partial charge in [-0.25, -0.2) is 0 Å². The Bertz CT molecular complexity index is 973. The van der Waals surface area contributed by atoms with E-state index in [0.717, 1.165) is 38.9 Å². The van der Waals surface area contributed by atoms with E-state index in [1.807, 2.05) is 36.5 Å². The topological polar surface area (TPSA) is 41.3 Å². The Morgan fingerprint density at radius 1 is 1.22 bits per heavy atom. The van der Waals surface area contributed by atoms with Crippen LogP contribution in [0.1, 0.15) is 36.0 Å². The van der Waals surface area contributed by atoms with Gasteiger partial charge in [0.25, 0.3) is 0 Å². The molecule has 1 aliphatic heterocycles. The van der Waals surface area contributed by atoms with Crippen molar-refractivity contribution in [3.8, 4) is 11.3 Å². The lowest BCUT2D eigenvalue weighted by Crippen LogP contribution is -2.29. The minimum Gasteiger partial charge on any atom is -0.459 e. The van der Waals surface area contributed by atoms with Gasteiger partial charge in [0.2, 0.25) is 0 Å². The number of rotatable bonds is 4. The summed E-state index contributed by atoms with van der Waals surface area (Å²) >= 11 is 9.21. The summed E-state index contributed by atoms with van der Waals surface area (Å²) in [7, 11) is 0. The van der Waals surface area contributed by atoms with Crippen LogP contribution in [0.5, 0.6) is 0 Å². The predicted molar refractivity (Wildman–Crippen MR) is 114 cm³/mol. The maximum atomic E-state index is 6.31. The number of likely N-dealkylation sites (N-methyl/N-ethyl adjacent to an activating group) is 1. The van der Waals surface area contributed by atoms with Gasteiger partial charge in [-0.3, -0.25) is 4.98 Å². The molecule has 0 radical (unpaired) electrons. The molecule has 138 valence electrons. The molecule has 0 saturated carbocycles. The lowest BCUT2D eigenvalue weighted by Gasteiger charge is -2.24. The first-order chi connectivity index (χ1) is 13.1. The number of aryl methyl sites for hydroxylation is 1. The first kappa shape index (κ1) is 18.2. The summed E-state index contributed by atoms with van der Waals surface area (Å²) in [5.41, 5.74) is 3.20. The molecular formula is C21H20BrN3OS. The van der Waals surface area contributed by atoms with E-state index in [-0.39, 0.29) is 12.1 Å². The normalized spacial score (nSPS) is 19.4. The van der Waals surface area contributed by atoms with Gasteiger partial charge in [0.05, 0.1) is 11.7 Å². The molecule has 27 heavy (non-hydrogen) atoms. The van der Waals surface area contributed by atoms with Gasteiger partial charge in [-0.15, -0.1) is 0 Å². The highest BCUT2D eigenvalue weighted by Crippen LogP contribution is 2.41. The Labute approximate surface area is 172 Å². The Morgan fingerprint density at radius 2 is 2.07 bits per heavy atom. The Kier molecular flexibility index (Phi) is 5.02. The van der Waals surface area contributed by atoms with Crippen LogP contribution in [0.25, 0.3) is 11.3 Å². The van der Waals surface area contributed by atoms with Crippen molar-refractivity contribution in [3.63, 3.8) is 0 Å². The molecule has 2 unspecified atom stereocenters. The van der Waals surface area contributed by atoms with Crippen LogP contribution < -0.4 is 5.32 Å². The van der Waals surface area contributed by atoms with Crippen LogP contribution >= 0.6 is 28.1 Å². The maximum absolute atomic E-state index is 6.31. The molecule has 0 amide bonds. The molecule has 4 nitrogen and oxygen atoms in total. The molecule has 1 saturated heterocycles. The van der Waals surface area contributed by atoms with Crippen LogP contribution in [0, 0.1) is 6.92 Å². The minimum atomic E-state index is -0.0425. The molecule has 0 aliphatic carbocycles. The smallest absolute Gasteiger partial charge is 0.170 e. The first-order valence-corrected chi connectivity index (χ1v) is 10.1. The predicted octanol–water partition coefficient (Wildman–Crippen LogP) is 5.40. The van der Waals surface area contributed by atoms with Gasteiger partial charge in [-0.1, -0.05) is 28.1 Å². The second-order valence-electron chi connectivity index (χ2n) is 6.60. The van der Waals surface area contributed by atoms with Crippen molar-refractivity contribution < 1.29 is 4.42 Å². The second-order valence-corrected chi connectivity index (χ2v) is 7.84. The van der Waals surface area contributed by atoms with Gasteiger partial charge in [0, 0.05) is 22.8 Å². The third kappa shape index (κ3) is 3.39. The summed E-state index contributed by atoms with van der Waals surface area (Å²) in [4.78, 5) is 6.68. The summed E-state index contributed by atoms with van der Waals surface area (Å²) in [5, 5.41) is 4.14. The molecule has 6 heteroatoms. The zero-order valence-electron chi connectivity index (χ0n) is 15.1. The fourth-order valence-electron chi connectivity index (χ4n) is 3.53. The summed E-state index contributed by atoms with van der Waals surface area (Å²) in [5.74, 6) is 1.72. The SMILES string of the molecule is CCN1C(=S)NC(c2ccccn2)C1c1ccc(-c2ccc(C)cc2Br)o1. The van der Waals surface area contributed by atoms with Crippen LogP contribution in [0.2, 0.25) is 0 Å². The van der Waals surface area contributed by atoms with E-state index in [1.165, 1.54) is 5.56 Å². The highest BCUT2D eigenvalue weighted by Gasteiger charge is 2.40. The van der Waals surface area contributed by atoms with E-state index in [9.17, 15) is 0 Å². The van der Waals surface area contributed by atoms with E-state index in [1.54, 1.807) is 0 Å². The van der Waals surface area contributed by atoms with Gasteiger partial charge in [-0.2, -0.15) is 0 Å². The summed E-state index contributed by atoms with van der Waals surface area (Å²) in [6.45, 7) is 4.97. The average molecular weight is 442 g/mol. The largest absolute Gasteiger partial charge is 0.459 e. The molecule has 1 aromatic carbocycles. The molecule has 1 N–H and O–H groups in total. The van der Waals surface area contributed by atoms with Crippen LogP contribution in [0.3, 0.4) is 0 Å². The first-order valence-electron chi connectivity index (χ1n) is 8.93. The number of nitrogens with zero attached hydrogens (tertiary/aromatic N) is 2. The van der Waals surface area contributed by atoms with Crippen LogP contribution in [-0.2, 0) is 0 Å². The molecule has 2 atom stereocenters. The van der Waals surface area contributed by atoms with Crippen molar-refractivity contribution in [2.24, 2.45) is 0 Å². The van der Waals surface area contributed by atoms with E-state index >= 15 is 0 Å². The molecule has 1 aliphatic rings. The quantitative estimate of drug-likeness (QED) is 0.548. The molecule has 0 spiro atoms. The summed E-state index contributed by atoms with van der Waals surface area (Å²) in [6, 6.07) is 16.2. The third-order valence-corrected chi connectivity index (χ3v) is 5.86. The average Bonchev–Trinajstić information content (AvgIpc) is 3.26. The van der Waals surface area contributed by atoms with Gasteiger partial charge >= 0.3 is 0 Å². The van der Waals surface area contributed by atoms with Gasteiger partial charge in [0.15, 0.2) is 5.11 Å². The monoisotopic (exact) mass is 441 g/mol. The zero-order valence-corrected chi connectivity index (χ0v) is 17.5. The molecular weight excluding hydrogens is 422 g/mol. The fraction of sp³-hybridized carbons (Fsp3) is 0.238. The Morgan fingerprint density at radius 3 is 2.78 bits per heavy atom.